The number of aromatic nitrogens is 6. The number of tetrazole rings is 1. The van der Waals surface area contributed by atoms with Crippen LogP contribution in [0.2, 0.25) is 0 Å². The van der Waals surface area contributed by atoms with Gasteiger partial charge in [0.05, 0.1) is 14.2 Å². The van der Waals surface area contributed by atoms with E-state index in [1.165, 1.54) is 14.2 Å². The van der Waals surface area contributed by atoms with Crippen LogP contribution in [0.4, 0.5) is 0 Å². The number of esters is 2. The van der Waals surface area contributed by atoms with Crippen LogP contribution < -0.4 is 0 Å². The highest BCUT2D eigenvalue weighted by atomic mass is 16.5. The SMILES string of the molecule is CCCc1nc(C(=O)OC)c(C(=O)OC)n1Cc1ccc(-c2ccccc2-c2nnn(C(c3ccccc3)(c3ccccc3)c3ccccc3)n2)cc1. The summed E-state index contributed by atoms with van der Waals surface area (Å²) in [6.45, 7) is 2.32. The predicted molar refractivity (Wildman–Crippen MR) is 201 cm³/mol. The number of hydrogen-bond donors (Lipinski definition) is 0. The predicted octanol–water partition coefficient (Wildman–Crippen LogP) is 7.62. The highest BCUT2D eigenvalue weighted by Gasteiger charge is 2.41. The van der Waals surface area contributed by atoms with Crippen LogP contribution in [0.1, 0.15) is 62.4 Å². The lowest BCUT2D eigenvalue weighted by molar-refractivity contribution is 0.0544. The first kappa shape index (κ1) is 34.8. The molecule has 0 aliphatic heterocycles. The van der Waals surface area contributed by atoms with E-state index in [0.29, 0.717) is 24.6 Å². The zero-order valence-corrected chi connectivity index (χ0v) is 29.7. The van der Waals surface area contributed by atoms with Gasteiger partial charge in [0, 0.05) is 18.5 Å². The Bertz CT molecular complexity index is 2240. The third-order valence-corrected chi connectivity index (χ3v) is 9.34. The Hall–Kier alpha value is -6.68. The number of benzene rings is 5. The molecule has 7 aromatic rings. The zero-order chi connectivity index (χ0) is 36.8. The van der Waals surface area contributed by atoms with Gasteiger partial charge in [-0.1, -0.05) is 146 Å². The summed E-state index contributed by atoms with van der Waals surface area (Å²) in [7, 11) is 2.55. The average Bonchev–Trinajstić information content (AvgIpc) is 3.85. The number of ether oxygens (including phenoxy) is 2. The fraction of sp³-hybridized carbons (Fsp3) is 0.163. The molecule has 0 saturated carbocycles. The average molecular weight is 703 g/mol. The van der Waals surface area contributed by atoms with Gasteiger partial charge in [-0.15, -0.1) is 15.0 Å². The summed E-state index contributed by atoms with van der Waals surface area (Å²) in [5, 5.41) is 14.6. The normalized spacial score (nSPS) is 11.3. The summed E-state index contributed by atoms with van der Waals surface area (Å²) in [5.41, 5.74) is 5.73. The van der Waals surface area contributed by atoms with Crippen molar-refractivity contribution in [3.63, 3.8) is 0 Å². The Labute approximate surface area is 307 Å². The van der Waals surface area contributed by atoms with Gasteiger partial charge in [0.25, 0.3) is 0 Å². The van der Waals surface area contributed by atoms with E-state index < -0.39 is 17.5 Å². The van der Waals surface area contributed by atoms with Crippen molar-refractivity contribution in [2.24, 2.45) is 0 Å². The highest BCUT2D eigenvalue weighted by molar-refractivity contribution is 6.00. The smallest absolute Gasteiger partial charge is 0.359 e. The largest absolute Gasteiger partial charge is 0.464 e. The molecule has 0 aliphatic carbocycles. The Morgan fingerprint density at radius 2 is 1.19 bits per heavy atom. The minimum Gasteiger partial charge on any atom is -0.464 e. The molecule has 0 bridgehead atoms. The number of carbonyl (C=O) groups is 2. The van der Waals surface area contributed by atoms with Gasteiger partial charge in [-0.05, 0) is 45.0 Å². The van der Waals surface area contributed by atoms with Crippen LogP contribution in [0.25, 0.3) is 22.5 Å². The minimum absolute atomic E-state index is 0.0512. The van der Waals surface area contributed by atoms with E-state index in [1.807, 2.05) is 110 Å². The van der Waals surface area contributed by atoms with Crippen molar-refractivity contribution in [1.82, 2.24) is 29.8 Å². The van der Waals surface area contributed by atoms with Gasteiger partial charge < -0.3 is 14.0 Å². The first-order valence-electron chi connectivity index (χ1n) is 17.4. The van der Waals surface area contributed by atoms with E-state index in [0.717, 1.165) is 45.4 Å². The molecule has 5 aromatic carbocycles. The van der Waals surface area contributed by atoms with E-state index in [9.17, 15) is 9.59 Å². The summed E-state index contributed by atoms with van der Waals surface area (Å²) in [5.74, 6) is -0.248. The highest BCUT2D eigenvalue weighted by Crippen LogP contribution is 2.40. The molecule has 0 N–H and O–H groups in total. The van der Waals surface area contributed by atoms with Gasteiger partial charge in [0.2, 0.25) is 5.82 Å². The molecule has 10 nitrogen and oxygen atoms in total. The quantitative estimate of drug-likeness (QED) is 0.0944. The molecule has 53 heavy (non-hydrogen) atoms. The fourth-order valence-corrected chi connectivity index (χ4v) is 6.88. The first-order valence-corrected chi connectivity index (χ1v) is 17.4. The fourth-order valence-electron chi connectivity index (χ4n) is 6.88. The van der Waals surface area contributed by atoms with Crippen molar-refractivity contribution >= 4 is 11.9 Å². The Morgan fingerprint density at radius 3 is 1.72 bits per heavy atom. The van der Waals surface area contributed by atoms with Gasteiger partial charge >= 0.3 is 11.9 Å². The minimum atomic E-state index is -0.896. The third kappa shape index (κ3) is 6.51. The number of hydrogen-bond acceptors (Lipinski definition) is 8. The molecule has 0 radical (unpaired) electrons. The molecule has 0 fully saturated rings. The molecular weight excluding hydrogens is 665 g/mol. The van der Waals surface area contributed by atoms with Crippen LogP contribution in [0.3, 0.4) is 0 Å². The molecule has 0 unspecified atom stereocenters. The van der Waals surface area contributed by atoms with Crippen LogP contribution in [0.15, 0.2) is 140 Å². The Balaban J connectivity index is 1.28. The van der Waals surface area contributed by atoms with E-state index in [2.05, 4.69) is 46.5 Å². The summed E-state index contributed by atoms with van der Waals surface area (Å²) in [4.78, 5) is 31.7. The molecule has 2 aromatic heterocycles. The maximum Gasteiger partial charge on any atom is 0.359 e. The van der Waals surface area contributed by atoms with Gasteiger partial charge in [0.15, 0.2) is 16.9 Å². The number of nitrogens with zero attached hydrogens (tertiary/aromatic N) is 6. The van der Waals surface area contributed by atoms with Gasteiger partial charge in [0.1, 0.15) is 5.82 Å². The van der Waals surface area contributed by atoms with Crippen molar-refractivity contribution in [1.29, 1.82) is 0 Å². The maximum atomic E-state index is 12.9. The van der Waals surface area contributed by atoms with E-state index in [-0.39, 0.29) is 11.4 Å². The summed E-state index contributed by atoms with van der Waals surface area (Å²) in [6.07, 6.45) is 1.34. The van der Waals surface area contributed by atoms with Crippen molar-refractivity contribution in [3.05, 3.63) is 179 Å². The van der Waals surface area contributed by atoms with Gasteiger partial charge in [-0.25, -0.2) is 14.6 Å². The maximum absolute atomic E-state index is 12.9. The summed E-state index contributed by atoms with van der Waals surface area (Å²) >= 11 is 0. The second-order valence-electron chi connectivity index (χ2n) is 12.5. The van der Waals surface area contributed by atoms with Crippen LogP contribution in [0, 0.1) is 0 Å². The summed E-state index contributed by atoms with van der Waals surface area (Å²) < 4.78 is 11.7. The number of aryl methyl sites for hydroxylation is 1. The van der Waals surface area contributed by atoms with Gasteiger partial charge in [-0.2, -0.15) is 0 Å². The molecule has 2 heterocycles. The molecule has 10 heteroatoms. The molecule has 7 rings (SSSR count). The number of imidazole rings is 1. The molecule has 0 spiro atoms. The number of carbonyl (C=O) groups excluding carboxylic acids is 2. The molecule has 0 amide bonds. The van der Waals surface area contributed by atoms with Crippen molar-refractivity contribution in [2.75, 3.05) is 14.2 Å². The second-order valence-corrected chi connectivity index (χ2v) is 12.5. The molecule has 0 saturated heterocycles. The Morgan fingerprint density at radius 1 is 0.660 bits per heavy atom. The first-order chi connectivity index (χ1) is 26.0. The van der Waals surface area contributed by atoms with Crippen LogP contribution in [-0.4, -0.2) is 55.9 Å². The van der Waals surface area contributed by atoms with Gasteiger partial charge in [-0.3, -0.25) is 0 Å². The van der Waals surface area contributed by atoms with Crippen molar-refractivity contribution in [2.45, 2.75) is 31.8 Å². The Kier molecular flexibility index (Phi) is 10.0. The lowest BCUT2D eigenvalue weighted by atomic mass is 9.77. The molecule has 0 aliphatic rings. The topological polar surface area (TPSA) is 114 Å². The van der Waals surface area contributed by atoms with E-state index in [1.54, 1.807) is 9.36 Å². The van der Waals surface area contributed by atoms with Crippen molar-refractivity contribution in [3.8, 4) is 22.5 Å². The number of rotatable bonds is 12. The molecule has 264 valence electrons. The van der Waals surface area contributed by atoms with Crippen LogP contribution in [-0.2, 0) is 28.0 Å². The summed E-state index contributed by atoms with van der Waals surface area (Å²) in [6, 6.07) is 46.8. The second kappa shape index (κ2) is 15.3. The van der Waals surface area contributed by atoms with Crippen LogP contribution in [0.5, 0.6) is 0 Å². The van der Waals surface area contributed by atoms with Crippen LogP contribution >= 0.6 is 0 Å². The van der Waals surface area contributed by atoms with E-state index >= 15 is 0 Å². The van der Waals surface area contributed by atoms with E-state index in [4.69, 9.17) is 19.8 Å². The van der Waals surface area contributed by atoms with Crippen molar-refractivity contribution < 1.29 is 19.1 Å². The molecule has 0 atom stereocenters. The third-order valence-electron chi connectivity index (χ3n) is 9.34. The molecular formula is C43H38N6O4. The lowest BCUT2D eigenvalue weighted by Gasteiger charge is -2.34. The zero-order valence-electron chi connectivity index (χ0n) is 29.7. The lowest BCUT2D eigenvalue weighted by Crippen LogP contribution is -2.39. The monoisotopic (exact) mass is 702 g/mol. The standard InChI is InChI=1S/C43H38N6O4/c1-4-16-37-44-38(41(50)52-2)39(42(51)53-3)48(37)29-30-25-27-31(28-26-30)35-23-14-15-24-36(35)40-45-47-49(46-40)43(32-17-8-5-9-18-32,33-19-10-6-11-20-33)34-21-12-7-13-22-34/h5-15,17-28H,4,16,29H2,1-3H3. The number of methoxy groups -OCH3 is 2.